The monoisotopic (exact) mass is 402 g/mol. The van der Waals surface area contributed by atoms with Crippen LogP contribution in [0.1, 0.15) is 15.9 Å². The van der Waals surface area contributed by atoms with E-state index in [1.165, 1.54) is 11.9 Å². The Morgan fingerprint density at radius 1 is 1.07 bits per heavy atom. The van der Waals surface area contributed by atoms with Crippen LogP contribution in [0.25, 0.3) is 0 Å². The summed E-state index contributed by atoms with van der Waals surface area (Å²) in [6, 6.07) is 20.1. The Bertz CT molecular complexity index is 984. The fourth-order valence-corrected chi connectivity index (χ4v) is 3.49. The summed E-state index contributed by atoms with van der Waals surface area (Å²) in [5.74, 6) is 0.135. The quantitative estimate of drug-likeness (QED) is 0.485. The SMILES string of the molecule is NC(=O)c1cnc(Nc2ccc(N3CCNCC3)cc2)cc1NCc1ccccc1. The lowest BCUT2D eigenvalue weighted by atomic mass is 10.2. The molecule has 0 saturated carbocycles. The molecular weight excluding hydrogens is 376 g/mol. The number of nitrogens with two attached hydrogens (primary N) is 1. The standard InChI is InChI=1S/C23H26N6O/c24-23(30)20-16-27-22(14-21(20)26-15-17-4-2-1-3-5-17)28-18-6-8-19(9-7-18)29-12-10-25-11-13-29/h1-9,14,16,25H,10-13,15H2,(H2,24,30)(H2,26,27,28). The van der Waals surface area contributed by atoms with Crippen LogP contribution in [0.3, 0.4) is 0 Å². The van der Waals surface area contributed by atoms with E-state index in [0.29, 0.717) is 23.6 Å². The largest absolute Gasteiger partial charge is 0.380 e. The van der Waals surface area contributed by atoms with Crippen molar-refractivity contribution in [2.24, 2.45) is 5.73 Å². The Morgan fingerprint density at radius 2 is 1.80 bits per heavy atom. The van der Waals surface area contributed by atoms with E-state index in [4.69, 9.17) is 5.73 Å². The van der Waals surface area contributed by atoms with Crippen molar-refractivity contribution in [2.45, 2.75) is 6.54 Å². The second-order valence-electron chi connectivity index (χ2n) is 7.23. The predicted octanol–water partition coefficient (Wildman–Crippen LogP) is 2.95. The van der Waals surface area contributed by atoms with Crippen LogP contribution in [0.5, 0.6) is 0 Å². The molecule has 0 radical (unpaired) electrons. The first-order chi connectivity index (χ1) is 14.7. The van der Waals surface area contributed by atoms with Crippen LogP contribution in [-0.4, -0.2) is 37.1 Å². The van der Waals surface area contributed by atoms with Crippen LogP contribution in [0.15, 0.2) is 66.9 Å². The Hall–Kier alpha value is -3.58. The van der Waals surface area contributed by atoms with Crippen molar-refractivity contribution >= 4 is 28.8 Å². The number of nitrogens with zero attached hydrogens (tertiary/aromatic N) is 2. The summed E-state index contributed by atoms with van der Waals surface area (Å²) in [7, 11) is 0. The summed E-state index contributed by atoms with van der Waals surface area (Å²) in [6.07, 6.45) is 1.51. The van der Waals surface area contributed by atoms with Crippen LogP contribution in [0.4, 0.5) is 22.9 Å². The molecule has 2 heterocycles. The average Bonchev–Trinajstić information content (AvgIpc) is 2.79. The molecule has 0 bridgehead atoms. The highest BCUT2D eigenvalue weighted by Gasteiger charge is 2.12. The second kappa shape index (κ2) is 9.28. The minimum absolute atomic E-state index is 0.366. The molecule has 1 aliphatic rings. The summed E-state index contributed by atoms with van der Waals surface area (Å²) in [5.41, 5.74) is 9.80. The zero-order valence-electron chi connectivity index (χ0n) is 16.8. The number of carbonyl (C=O) groups excluding carboxylic acids is 1. The van der Waals surface area contributed by atoms with E-state index in [2.05, 4.69) is 38.0 Å². The van der Waals surface area contributed by atoms with E-state index in [1.807, 2.05) is 48.5 Å². The summed E-state index contributed by atoms with van der Waals surface area (Å²) >= 11 is 0. The number of nitrogens with one attached hydrogen (secondary N) is 3. The van der Waals surface area contributed by atoms with Crippen molar-refractivity contribution in [3.05, 3.63) is 78.0 Å². The van der Waals surface area contributed by atoms with Gasteiger partial charge in [0.25, 0.3) is 5.91 Å². The Labute approximate surface area is 176 Å². The minimum atomic E-state index is -0.509. The van der Waals surface area contributed by atoms with Gasteiger partial charge in [0.15, 0.2) is 0 Å². The third kappa shape index (κ3) is 4.87. The number of aromatic nitrogens is 1. The third-order valence-corrected chi connectivity index (χ3v) is 5.12. The summed E-state index contributed by atoms with van der Waals surface area (Å²) in [6.45, 7) is 4.63. The maximum atomic E-state index is 11.8. The molecule has 5 N–H and O–H groups in total. The van der Waals surface area contributed by atoms with Gasteiger partial charge in [0.05, 0.1) is 11.3 Å². The number of primary amides is 1. The normalized spacial score (nSPS) is 13.7. The number of benzene rings is 2. The molecule has 1 aromatic heterocycles. The maximum absolute atomic E-state index is 11.8. The van der Waals surface area contributed by atoms with Crippen molar-refractivity contribution in [1.82, 2.24) is 10.3 Å². The van der Waals surface area contributed by atoms with Crippen molar-refractivity contribution < 1.29 is 4.79 Å². The van der Waals surface area contributed by atoms with Gasteiger partial charge in [0.1, 0.15) is 5.82 Å². The Kier molecular flexibility index (Phi) is 6.10. The van der Waals surface area contributed by atoms with E-state index in [9.17, 15) is 4.79 Å². The number of hydrogen-bond donors (Lipinski definition) is 4. The van der Waals surface area contributed by atoms with Crippen molar-refractivity contribution in [3.8, 4) is 0 Å². The lowest BCUT2D eigenvalue weighted by Crippen LogP contribution is -2.43. The van der Waals surface area contributed by atoms with Crippen LogP contribution in [-0.2, 0) is 6.54 Å². The van der Waals surface area contributed by atoms with Crippen LogP contribution >= 0.6 is 0 Å². The molecule has 4 rings (SSSR count). The van der Waals surface area contributed by atoms with Crippen molar-refractivity contribution in [2.75, 3.05) is 41.7 Å². The van der Waals surface area contributed by atoms with Gasteiger partial charge in [-0.3, -0.25) is 4.79 Å². The van der Waals surface area contributed by atoms with E-state index in [-0.39, 0.29) is 0 Å². The Balaban J connectivity index is 1.47. The topological polar surface area (TPSA) is 95.3 Å². The van der Waals surface area contributed by atoms with Crippen LogP contribution in [0, 0.1) is 0 Å². The van der Waals surface area contributed by atoms with Crippen LogP contribution in [0.2, 0.25) is 0 Å². The highest BCUT2D eigenvalue weighted by molar-refractivity contribution is 5.98. The first kappa shape index (κ1) is 19.7. The van der Waals surface area contributed by atoms with Gasteiger partial charge in [-0.15, -0.1) is 0 Å². The maximum Gasteiger partial charge on any atom is 0.252 e. The zero-order valence-corrected chi connectivity index (χ0v) is 16.8. The van der Waals surface area contributed by atoms with Crippen molar-refractivity contribution in [1.29, 1.82) is 0 Å². The number of hydrogen-bond acceptors (Lipinski definition) is 6. The van der Waals surface area contributed by atoms with Crippen LogP contribution < -0.4 is 26.6 Å². The average molecular weight is 403 g/mol. The molecule has 7 nitrogen and oxygen atoms in total. The third-order valence-electron chi connectivity index (χ3n) is 5.12. The highest BCUT2D eigenvalue weighted by atomic mass is 16.1. The van der Waals surface area contributed by atoms with Gasteiger partial charge in [-0.1, -0.05) is 30.3 Å². The molecule has 3 aromatic rings. The van der Waals surface area contributed by atoms with Gasteiger partial charge in [-0.25, -0.2) is 4.98 Å². The Morgan fingerprint density at radius 3 is 2.50 bits per heavy atom. The molecule has 7 heteroatoms. The molecule has 1 fully saturated rings. The van der Waals surface area contributed by atoms with Gasteiger partial charge in [-0.2, -0.15) is 0 Å². The number of anilines is 4. The minimum Gasteiger partial charge on any atom is -0.380 e. The van der Waals surface area contributed by atoms with Gasteiger partial charge in [-0.05, 0) is 29.8 Å². The molecule has 30 heavy (non-hydrogen) atoms. The van der Waals surface area contributed by atoms with E-state index < -0.39 is 5.91 Å². The lowest BCUT2D eigenvalue weighted by molar-refractivity contribution is 0.100. The number of rotatable bonds is 7. The second-order valence-corrected chi connectivity index (χ2v) is 7.23. The fraction of sp³-hybridized carbons (Fsp3) is 0.217. The molecule has 0 spiro atoms. The van der Waals surface area contributed by atoms with Gasteiger partial charge < -0.3 is 26.6 Å². The van der Waals surface area contributed by atoms with Gasteiger partial charge in [0.2, 0.25) is 0 Å². The number of amides is 1. The molecule has 1 amide bonds. The fourth-order valence-electron chi connectivity index (χ4n) is 3.49. The summed E-state index contributed by atoms with van der Waals surface area (Å²) in [5, 5.41) is 9.97. The van der Waals surface area contributed by atoms with E-state index >= 15 is 0 Å². The molecule has 0 aliphatic carbocycles. The number of carbonyl (C=O) groups is 1. The lowest BCUT2D eigenvalue weighted by Gasteiger charge is -2.29. The van der Waals surface area contributed by atoms with Crippen molar-refractivity contribution in [3.63, 3.8) is 0 Å². The van der Waals surface area contributed by atoms with Gasteiger partial charge >= 0.3 is 0 Å². The molecule has 0 atom stereocenters. The van der Waals surface area contributed by atoms with E-state index in [1.54, 1.807) is 0 Å². The van der Waals surface area contributed by atoms with Gasteiger partial charge in [0, 0.05) is 56.4 Å². The molecule has 1 saturated heterocycles. The zero-order chi connectivity index (χ0) is 20.8. The molecule has 2 aromatic carbocycles. The number of piperazine rings is 1. The first-order valence-electron chi connectivity index (χ1n) is 10.1. The summed E-state index contributed by atoms with van der Waals surface area (Å²) in [4.78, 5) is 18.5. The predicted molar refractivity (Wildman–Crippen MR) is 121 cm³/mol. The number of pyridine rings is 1. The van der Waals surface area contributed by atoms with E-state index in [0.717, 1.165) is 37.4 Å². The molecule has 1 aliphatic heterocycles. The molecule has 0 unspecified atom stereocenters. The smallest absolute Gasteiger partial charge is 0.252 e. The highest BCUT2D eigenvalue weighted by Crippen LogP contribution is 2.24. The first-order valence-corrected chi connectivity index (χ1v) is 10.1. The molecular formula is C23H26N6O. The summed E-state index contributed by atoms with van der Waals surface area (Å²) < 4.78 is 0. The molecule has 154 valence electrons.